The number of halogens is 5. The van der Waals surface area contributed by atoms with Crippen LogP contribution in [0.4, 0.5) is 22.0 Å². The molecule has 438 valence electrons. The number of pyridine rings is 7. The van der Waals surface area contributed by atoms with Crippen LogP contribution in [0.1, 0.15) is 0 Å². The van der Waals surface area contributed by atoms with E-state index in [9.17, 15) is 52.6 Å². The maximum Gasteiger partial charge on any atom is 1.00 e. The summed E-state index contributed by atoms with van der Waals surface area (Å²) in [6.07, 6.45) is 8.88. The number of fused-ring (bicyclic) bond motifs is 8. The smallest absolute Gasteiger partial charge is 0.872 e. The van der Waals surface area contributed by atoms with Gasteiger partial charge in [0, 0.05) is 97.8 Å². The molecule has 8 aromatic carbocycles. The van der Waals surface area contributed by atoms with Crippen LogP contribution in [0, 0.1) is 29.1 Å². The van der Waals surface area contributed by atoms with Gasteiger partial charge in [-0.3, -0.25) is 0 Å². The molecule has 0 spiro atoms. The van der Waals surface area contributed by atoms with Crippen molar-refractivity contribution in [3.8, 4) is 68.3 Å². The molecule has 0 atom stereocenters. The van der Waals surface area contributed by atoms with Crippen molar-refractivity contribution in [1.29, 1.82) is 0 Å². The monoisotopic (exact) mass is 1230 g/mol. The maximum absolute atomic E-state index is 12.1. The second-order valence-electron chi connectivity index (χ2n) is 19.4. The molecular weight excluding hydrogens is 1180 g/mol. The molecule has 13 nitrogen and oxygen atoms in total. The van der Waals surface area contributed by atoms with Crippen molar-refractivity contribution in [1.82, 2.24) is 9.97 Å². The maximum atomic E-state index is 12.1. The van der Waals surface area contributed by atoms with Crippen LogP contribution in [0.3, 0.4) is 0 Å². The molecule has 0 aliphatic carbocycles. The van der Waals surface area contributed by atoms with E-state index in [4.69, 9.17) is 0 Å². The molecule has 95 heavy (non-hydrogen) atoms. The Kier molecular flexibility index (Phi) is 31.1. The molecule has 5 N–H and O–H groups in total. The fraction of sp³-hybridized carbons (Fsp3) is 0. The first-order chi connectivity index (χ1) is 43.2. The van der Waals surface area contributed by atoms with Crippen molar-refractivity contribution in [3.63, 3.8) is 0 Å². The van der Waals surface area contributed by atoms with Crippen molar-refractivity contribution in [2.45, 2.75) is 0 Å². The van der Waals surface area contributed by atoms with Crippen LogP contribution < -0.4 is 169 Å². The van der Waals surface area contributed by atoms with E-state index in [1.54, 1.807) is 85.5 Å². The number of para-hydroxylation sites is 5. The third kappa shape index (κ3) is 19.1. The summed E-state index contributed by atoms with van der Waals surface area (Å²) in [7, 11) is 0. The minimum Gasteiger partial charge on any atom is -0.872 e. The molecule has 15 aromatic rings. The molecule has 0 saturated carbocycles. The van der Waals surface area contributed by atoms with Crippen molar-refractivity contribution in [2.75, 3.05) is 0 Å². The molecule has 24 heteroatoms. The van der Waals surface area contributed by atoms with E-state index in [2.05, 4.69) is 59.2 Å². The summed E-state index contributed by atoms with van der Waals surface area (Å²) in [6, 6.07) is 68.8. The summed E-state index contributed by atoms with van der Waals surface area (Å²) in [5.74, 6) is -13.4. The summed E-state index contributed by atoms with van der Waals surface area (Å²) in [5, 5.41) is 74.1. The van der Waals surface area contributed by atoms with Gasteiger partial charge < -0.3 is 30.6 Å². The average Bonchev–Trinajstić information content (AvgIpc) is 0.791. The Labute approximate surface area is 613 Å². The molecule has 0 aliphatic heterocycles. The number of hydrogen-bond acceptors (Lipinski definition) is 8. The Bertz CT molecular complexity index is 4670. The second-order valence-corrected chi connectivity index (χ2v) is 19.4. The molecular formula is C71H47F5Li6N7O6+5. The van der Waals surface area contributed by atoms with Gasteiger partial charge in [-0.05, 0) is 102 Å². The van der Waals surface area contributed by atoms with Gasteiger partial charge in [-0.25, -0.2) is 56.8 Å². The van der Waals surface area contributed by atoms with Crippen LogP contribution in [0.25, 0.3) is 99.2 Å². The van der Waals surface area contributed by atoms with Crippen LogP contribution in [0.15, 0.2) is 255 Å². The molecule has 7 aromatic heterocycles. The number of rotatable bonds is 3. The van der Waals surface area contributed by atoms with E-state index in [-0.39, 0.29) is 142 Å². The first kappa shape index (κ1) is 78.8. The van der Waals surface area contributed by atoms with Crippen LogP contribution in [-0.2, 0) is 0 Å². The number of aromatic nitrogens is 7. The van der Waals surface area contributed by atoms with Crippen LogP contribution in [-0.4, -0.2) is 9.97 Å². The fourth-order valence-electron chi connectivity index (χ4n) is 9.34. The van der Waals surface area contributed by atoms with Crippen LogP contribution in [0.5, 0.6) is 34.5 Å². The topological polar surface area (TPSA) is 235 Å². The predicted molar refractivity (Wildman–Crippen MR) is 315 cm³/mol. The summed E-state index contributed by atoms with van der Waals surface area (Å²) < 4.78 is 60.4. The first-order valence-electron chi connectivity index (χ1n) is 27.2. The Morgan fingerprint density at radius 2 is 0.568 bits per heavy atom. The Morgan fingerprint density at radius 3 is 0.958 bits per heavy atom. The standard InChI is InChI=1S/2C18H12N2O.C11H9NO.2C9H7NO.C6HF5O.6Li/c2*21-16-6-2-1-5-14(16)15-10-9-13-8-7-12-4-3-11-19-17(12)18(13)20-15;13-11-7-2-1-5-9(11)10-6-3-4-8-12-10;2*11-8-5-1-3-7-4-2-6-10-9(7)8;7-1-2(8)4(10)6(12)5(11)3(1)9;;;;;;/h2*1-11,21H;1-8,13H;2*1-6,11H;12H;;;;;;/q;;;;;;6*+1/p-1. The zero-order chi connectivity index (χ0) is 62.4. The van der Waals surface area contributed by atoms with E-state index < -0.39 is 34.8 Å². The molecule has 0 bridgehead atoms. The molecule has 0 unspecified atom stereocenters. The summed E-state index contributed by atoms with van der Waals surface area (Å²) in [4.78, 5) is 24.5. The SMILES string of the molecule is [Li+].[Li+].[Li+].[Li+].[Li+].[Li+].[O-]c1c(F)c(F)c(F)c(F)c1F.[O-]c1cccc2ccc[nH+]c12.[O-]c1cccc2ccc[nH+]c12.[O-]c1ccccc1-c1ccc2ccc3cccnc3c2[nH+]1.[O-]c1ccccc1-c1ccc2ccc3cccnc3c2[nH+]1.[O-]c1ccccc1-c1cccc[nH+]1. The zero-order valence-electron chi connectivity index (χ0n) is 52.5. The fourth-order valence-corrected chi connectivity index (χ4v) is 9.34. The van der Waals surface area contributed by atoms with E-state index in [1.807, 2.05) is 146 Å². The van der Waals surface area contributed by atoms with E-state index in [0.717, 1.165) is 71.5 Å². The second kappa shape index (κ2) is 37.5. The van der Waals surface area contributed by atoms with Crippen molar-refractivity contribution in [2.24, 2.45) is 0 Å². The van der Waals surface area contributed by atoms with Crippen molar-refractivity contribution in [3.05, 3.63) is 285 Å². The summed E-state index contributed by atoms with van der Waals surface area (Å²) in [5.41, 5.74) is 9.63. The number of H-pyrrole nitrogens is 5. The average molecular weight is 1230 g/mol. The minimum absolute atomic E-state index is 0. The first-order valence-corrected chi connectivity index (χ1v) is 27.2. The number of benzene rings is 8. The van der Waals surface area contributed by atoms with Crippen molar-refractivity contribution < 1.29 is 191 Å². The molecule has 0 saturated heterocycles. The molecule has 15 rings (SSSR count). The van der Waals surface area contributed by atoms with Crippen LogP contribution in [0.2, 0.25) is 0 Å². The number of aromatic amines is 5. The molecule has 0 radical (unpaired) electrons. The number of nitrogens with one attached hydrogen (secondary N) is 5. The molecule has 0 fully saturated rings. The van der Waals surface area contributed by atoms with Gasteiger partial charge in [-0.15, -0.1) is 0 Å². The summed E-state index contributed by atoms with van der Waals surface area (Å²) in [6.45, 7) is 0. The molecule has 7 heterocycles. The Hall–Kier alpha value is -8.60. The largest absolute Gasteiger partial charge is 1.00 e. The Balaban J connectivity index is 0.000000245. The van der Waals surface area contributed by atoms with Gasteiger partial charge in [0.25, 0.3) is 0 Å². The van der Waals surface area contributed by atoms with Gasteiger partial charge >= 0.3 is 113 Å². The minimum atomic E-state index is -2.33. The quantitative estimate of drug-likeness (QED) is 0.0541. The molecule has 0 aliphatic rings. The predicted octanol–water partition coefficient (Wildman–Crippen LogP) is -7.94. The Morgan fingerprint density at radius 1 is 0.253 bits per heavy atom. The zero-order valence-corrected chi connectivity index (χ0v) is 52.5. The van der Waals surface area contributed by atoms with Crippen molar-refractivity contribution >= 4 is 65.4 Å². The van der Waals surface area contributed by atoms with E-state index in [1.165, 1.54) is 0 Å². The number of nitrogens with zero attached hydrogens (tertiary/aromatic N) is 2. The van der Waals surface area contributed by atoms with Gasteiger partial charge in [-0.1, -0.05) is 120 Å². The van der Waals surface area contributed by atoms with E-state index >= 15 is 0 Å². The van der Waals surface area contributed by atoms with Crippen LogP contribution >= 0.6 is 0 Å². The van der Waals surface area contributed by atoms with Gasteiger partial charge in [-0.2, -0.15) is 0 Å². The number of hydrogen-bond donors (Lipinski definition) is 0. The van der Waals surface area contributed by atoms with Gasteiger partial charge in [0.1, 0.15) is 11.0 Å². The van der Waals surface area contributed by atoms with Gasteiger partial charge in [0.15, 0.2) is 47.7 Å². The summed E-state index contributed by atoms with van der Waals surface area (Å²) >= 11 is 0. The third-order valence-electron chi connectivity index (χ3n) is 13.7. The van der Waals surface area contributed by atoms with Gasteiger partial charge in [0.05, 0.1) is 0 Å². The molecule has 0 amide bonds. The van der Waals surface area contributed by atoms with E-state index in [0.29, 0.717) is 27.7 Å². The van der Waals surface area contributed by atoms with Gasteiger partial charge in [0.2, 0.25) is 39.1 Å². The normalized spacial score (nSPS) is 9.91. The third-order valence-corrected chi connectivity index (χ3v) is 13.7.